The minimum atomic E-state index is -1.000. The Morgan fingerprint density at radius 2 is 1.95 bits per heavy atom. The van der Waals surface area contributed by atoms with Gasteiger partial charge < -0.3 is 14.8 Å². The van der Waals surface area contributed by atoms with Gasteiger partial charge in [0, 0.05) is 13.5 Å². The van der Waals surface area contributed by atoms with Crippen LogP contribution in [0.3, 0.4) is 0 Å². The molecule has 106 valence electrons. The van der Waals surface area contributed by atoms with E-state index in [0.717, 1.165) is 0 Å². The number of carboxylic acid groups (broad SMARTS) is 2. The van der Waals surface area contributed by atoms with Crippen molar-refractivity contribution in [1.82, 2.24) is 9.55 Å². The lowest BCUT2D eigenvalue weighted by molar-refractivity contribution is -0.146. The fourth-order valence-corrected chi connectivity index (χ4v) is 2.00. The molecule has 0 aliphatic carbocycles. The van der Waals surface area contributed by atoms with Crippen LogP contribution in [-0.2, 0) is 18.3 Å². The van der Waals surface area contributed by atoms with Crippen molar-refractivity contribution in [1.29, 1.82) is 0 Å². The van der Waals surface area contributed by atoms with E-state index in [2.05, 4.69) is 4.98 Å². The van der Waals surface area contributed by atoms with Crippen LogP contribution in [0.1, 0.15) is 30.0 Å². The minimum Gasteiger partial charge on any atom is -0.481 e. The number of carboxylic acids is 2. The highest BCUT2D eigenvalue weighted by atomic mass is 16.4. The van der Waals surface area contributed by atoms with Crippen LogP contribution in [0.15, 0.2) is 18.2 Å². The minimum absolute atomic E-state index is 0.185. The van der Waals surface area contributed by atoms with E-state index in [0.29, 0.717) is 16.9 Å². The first-order valence-electron chi connectivity index (χ1n) is 6.14. The van der Waals surface area contributed by atoms with Gasteiger partial charge in [0.15, 0.2) is 0 Å². The number of fused-ring (bicyclic) bond motifs is 1. The van der Waals surface area contributed by atoms with E-state index >= 15 is 0 Å². The van der Waals surface area contributed by atoms with Crippen LogP contribution >= 0.6 is 0 Å². The number of aliphatic carboxylic acids is 1. The van der Waals surface area contributed by atoms with Crippen molar-refractivity contribution in [2.24, 2.45) is 12.5 Å². The number of aromatic nitrogens is 2. The van der Waals surface area contributed by atoms with Gasteiger partial charge in [-0.1, -0.05) is 0 Å². The Balaban J connectivity index is 2.49. The second-order valence-corrected chi connectivity index (χ2v) is 5.46. The third kappa shape index (κ3) is 2.36. The largest absolute Gasteiger partial charge is 0.481 e. The second kappa shape index (κ2) is 4.63. The van der Waals surface area contributed by atoms with Crippen molar-refractivity contribution < 1.29 is 19.8 Å². The van der Waals surface area contributed by atoms with Gasteiger partial charge in [-0.25, -0.2) is 9.78 Å². The third-order valence-electron chi connectivity index (χ3n) is 3.40. The van der Waals surface area contributed by atoms with E-state index in [9.17, 15) is 14.7 Å². The Hall–Kier alpha value is -2.37. The zero-order valence-corrected chi connectivity index (χ0v) is 11.5. The molecule has 0 fully saturated rings. The van der Waals surface area contributed by atoms with Gasteiger partial charge in [-0.3, -0.25) is 4.79 Å². The van der Waals surface area contributed by atoms with Crippen molar-refractivity contribution in [3.63, 3.8) is 0 Å². The standard InChI is InChI=1S/C14H16N2O4/c1-14(2,13(19)20)7-11-15-9-5-4-8(12(17)18)6-10(9)16(11)3/h4-6H,7H2,1-3H3,(H,17,18)(H,19,20). The van der Waals surface area contributed by atoms with E-state index < -0.39 is 17.4 Å². The van der Waals surface area contributed by atoms with Crippen LogP contribution in [0.25, 0.3) is 11.0 Å². The Morgan fingerprint density at radius 1 is 1.30 bits per heavy atom. The Bertz CT molecular complexity index is 701. The normalized spacial score (nSPS) is 11.8. The average Bonchev–Trinajstić information content (AvgIpc) is 2.65. The molecule has 0 atom stereocenters. The number of aryl methyl sites for hydroxylation is 1. The summed E-state index contributed by atoms with van der Waals surface area (Å²) in [6, 6.07) is 4.67. The molecule has 1 aromatic heterocycles. The molecule has 2 rings (SSSR count). The lowest BCUT2D eigenvalue weighted by atomic mass is 9.89. The van der Waals surface area contributed by atoms with Gasteiger partial charge in [-0.15, -0.1) is 0 Å². The van der Waals surface area contributed by atoms with E-state index in [4.69, 9.17) is 5.11 Å². The lowest BCUT2D eigenvalue weighted by Gasteiger charge is -2.18. The summed E-state index contributed by atoms with van der Waals surface area (Å²) >= 11 is 0. The van der Waals surface area contributed by atoms with E-state index in [1.54, 1.807) is 37.6 Å². The molecular formula is C14H16N2O4. The average molecular weight is 276 g/mol. The SMILES string of the molecule is Cn1c(CC(C)(C)C(=O)O)nc2ccc(C(=O)O)cc21. The van der Waals surface area contributed by atoms with E-state index in [1.165, 1.54) is 6.07 Å². The molecule has 0 spiro atoms. The quantitative estimate of drug-likeness (QED) is 0.890. The zero-order chi connectivity index (χ0) is 15.1. The first-order valence-corrected chi connectivity index (χ1v) is 6.14. The summed E-state index contributed by atoms with van der Waals surface area (Å²) in [6.07, 6.45) is 0.274. The summed E-state index contributed by atoms with van der Waals surface area (Å²) < 4.78 is 1.74. The van der Waals surface area contributed by atoms with Crippen LogP contribution in [0.4, 0.5) is 0 Å². The summed E-state index contributed by atoms with van der Waals surface area (Å²) in [7, 11) is 1.76. The molecule has 0 aliphatic rings. The van der Waals surface area contributed by atoms with Crippen molar-refractivity contribution in [3.05, 3.63) is 29.6 Å². The molecule has 0 unspecified atom stereocenters. The van der Waals surface area contributed by atoms with Crippen molar-refractivity contribution in [3.8, 4) is 0 Å². The molecule has 2 aromatic rings. The maximum absolute atomic E-state index is 11.2. The van der Waals surface area contributed by atoms with Crippen molar-refractivity contribution >= 4 is 23.0 Å². The second-order valence-electron chi connectivity index (χ2n) is 5.46. The predicted octanol–water partition coefficient (Wildman–Crippen LogP) is 1.92. The van der Waals surface area contributed by atoms with Gasteiger partial charge in [0.1, 0.15) is 5.82 Å². The molecule has 6 nitrogen and oxygen atoms in total. The van der Waals surface area contributed by atoms with Crippen LogP contribution in [0, 0.1) is 5.41 Å². The summed E-state index contributed by atoms with van der Waals surface area (Å²) in [6.45, 7) is 3.27. The van der Waals surface area contributed by atoms with Gasteiger partial charge in [-0.2, -0.15) is 0 Å². The maximum atomic E-state index is 11.2. The first-order chi connectivity index (χ1) is 9.22. The number of imidazole rings is 1. The van der Waals surface area contributed by atoms with Crippen LogP contribution in [0.2, 0.25) is 0 Å². The Kier molecular flexibility index (Phi) is 3.25. The lowest BCUT2D eigenvalue weighted by Crippen LogP contribution is -2.27. The number of benzene rings is 1. The van der Waals surface area contributed by atoms with Crippen LogP contribution in [0.5, 0.6) is 0 Å². The summed E-state index contributed by atoms with van der Waals surface area (Å²) in [4.78, 5) is 26.5. The molecular weight excluding hydrogens is 260 g/mol. The Labute approximate surface area is 115 Å². The molecule has 0 bridgehead atoms. The highest BCUT2D eigenvalue weighted by Gasteiger charge is 2.29. The summed E-state index contributed by atoms with van der Waals surface area (Å²) in [5.74, 6) is -1.27. The van der Waals surface area contributed by atoms with Gasteiger partial charge in [0.25, 0.3) is 0 Å². The molecule has 1 aromatic carbocycles. The monoisotopic (exact) mass is 276 g/mol. The molecule has 0 amide bonds. The molecule has 2 N–H and O–H groups in total. The predicted molar refractivity (Wildman–Crippen MR) is 72.8 cm³/mol. The topological polar surface area (TPSA) is 92.4 Å². The van der Waals surface area contributed by atoms with Crippen molar-refractivity contribution in [2.45, 2.75) is 20.3 Å². The highest BCUT2D eigenvalue weighted by molar-refractivity contribution is 5.92. The third-order valence-corrected chi connectivity index (χ3v) is 3.40. The van der Waals surface area contributed by atoms with Gasteiger partial charge >= 0.3 is 11.9 Å². The molecule has 0 saturated heterocycles. The van der Waals surface area contributed by atoms with Gasteiger partial charge in [0.05, 0.1) is 22.0 Å². The zero-order valence-electron chi connectivity index (χ0n) is 11.5. The first kappa shape index (κ1) is 14.0. The molecule has 20 heavy (non-hydrogen) atoms. The number of rotatable bonds is 4. The molecule has 0 radical (unpaired) electrons. The fraction of sp³-hybridized carbons (Fsp3) is 0.357. The van der Waals surface area contributed by atoms with Gasteiger partial charge in [0.2, 0.25) is 0 Å². The number of aromatic carboxylic acids is 1. The van der Waals surface area contributed by atoms with Crippen molar-refractivity contribution in [2.75, 3.05) is 0 Å². The van der Waals surface area contributed by atoms with Crippen LogP contribution in [-0.4, -0.2) is 31.7 Å². The van der Waals surface area contributed by atoms with E-state index in [1.807, 2.05) is 0 Å². The fourth-order valence-electron chi connectivity index (χ4n) is 2.00. The molecule has 6 heteroatoms. The molecule has 0 saturated carbocycles. The smallest absolute Gasteiger partial charge is 0.335 e. The highest BCUT2D eigenvalue weighted by Crippen LogP contribution is 2.24. The molecule has 0 aliphatic heterocycles. The maximum Gasteiger partial charge on any atom is 0.335 e. The summed E-state index contributed by atoms with van der Waals surface area (Å²) in [5, 5.41) is 18.2. The van der Waals surface area contributed by atoms with Gasteiger partial charge in [-0.05, 0) is 32.0 Å². The number of nitrogens with zero attached hydrogens (tertiary/aromatic N) is 2. The Morgan fingerprint density at radius 3 is 2.50 bits per heavy atom. The van der Waals surface area contributed by atoms with E-state index in [-0.39, 0.29) is 12.0 Å². The number of hydrogen-bond donors (Lipinski definition) is 2. The summed E-state index contributed by atoms with van der Waals surface area (Å²) in [5.41, 5.74) is 0.601. The molecule has 1 heterocycles. The number of hydrogen-bond acceptors (Lipinski definition) is 3. The number of carbonyl (C=O) groups is 2. The van der Waals surface area contributed by atoms with Crippen LogP contribution < -0.4 is 0 Å².